The minimum absolute atomic E-state index is 0.253. The highest BCUT2D eigenvalue weighted by molar-refractivity contribution is 8.19. The van der Waals surface area contributed by atoms with Crippen molar-refractivity contribution in [2.75, 3.05) is 16.8 Å². The van der Waals surface area contributed by atoms with E-state index in [4.69, 9.17) is 0 Å². The Morgan fingerprint density at radius 2 is 2.04 bits per heavy atom. The summed E-state index contributed by atoms with van der Waals surface area (Å²) in [6, 6.07) is 13.5. The number of fused-ring (bicyclic) bond motifs is 1. The van der Waals surface area contributed by atoms with Crippen LogP contribution in [0.25, 0.3) is 5.65 Å². The summed E-state index contributed by atoms with van der Waals surface area (Å²) in [5, 5.41) is 13.9. The van der Waals surface area contributed by atoms with Gasteiger partial charge in [0.2, 0.25) is 0 Å². The highest BCUT2D eigenvalue weighted by Gasteiger charge is 2.18. The number of aromatic nitrogens is 3. The second kappa shape index (κ2) is 7.37. The number of anilines is 1. The summed E-state index contributed by atoms with van der Waals surface area (Å²) in [7, 11) is 0. The number of urea groups is 1. The minimum atomic E-state index is -0.253. The van der Waals surface area contributed by atoms with Gasteiger partial charge in [-0.2, -0.15) is 0 Å². The van der Waals surface area contributed by atoms with Crippen molar-refractivity contribution in [2.24, 2.45) is 0 Å². The number of pyridine rings is 1. The van der Waals surface area contributed by atoms with Crippen LogP contribution in [0.1, 0.15) is 16.0 Å². The highest BCUT2D eigenvalue weighted by atomic mass is 32.2. The van der Waals surface area contributed by atoms with Gasteiger partial charge in [-0.1, -0.05) is 18.2 Å². The Hall–Kier alpha value is -2.19. The topological polar surface area (TPSA) is 71.3 Å². The first-order valence-electron chi connectivity index (χ1n) is 7.96. The molecule has 1 aliphatic rings. The molecule has 3 heterocycles. The molecule has 0 spiro atoms. The average molecular weight is 371 g/mol. The zero-order valence-corrected chi connectivity index (χ0v) is 15.0. The molecular formula is C17H17N5OS2. The van der Waals surface area contributed by atoms with E-state index < -0.39 is 0 Å². The molecule has 2 aromatic heterocycles. The van der Waals surface area contributed by atoms with Crippen LogP contribution in [0.3, 0.4) is 0 Å². The molecule has 1 fully saturated rings. The second-order valence-electron chi connectivity index (χ2n) is 5.55. The summed E-state index contributed by atoms with van der Waals surface area (Å²) < 4.78 is 2.32. The molecule has 1 aliphatic heterocycles. The van der Waals surface area contributed by atoms with Crippen molar-refractivity contribution in [1.29, 1.82) is 0 Å². The van der Waals surface area contributed by atoms with Crippen molar-refractivity contribution in [1.82, 2.24) is 19.9 Å². The van der Waals surface area contributed by atoms with Gasteiger partial charge in [0, 0.05) is 23.4 Å². The fourth-order valence-electron chi connectivity index (χ4n) is 2.66. The third-order valence-corrected chi connectivity index (χ3v) is 6.93. The number of benzene rings is 1. The van der Waals surface area contributed by atoms with E-state index in [1.54, 1.807) is 0 Å². The van der Waals surface area contributed by atoms with Crippen LogP contribution in [0.5, 0.6) is 0 Å². The summed E-state index contributed by atoms with van der Waals surface area (Å²) in [6.07, 6.45) is 1.88. The summed E-state index contributed by atoms with van der Waals surface area (Å²) in [4.78, 5) is 12.2. The smallest absolute Gasteiger partial charge is 0.319 e. The van der Waals surface area contributed by atoms with Crippen molar-refractivity contribution >= 4 is 40.9 Å². The quantitative estimate of drug-likeness (QED) is 0.734. The van der Waals surface area contributed by atoms with Crippen molar-refractivity contribution < 1.29 is 4.79 Å². The Kier molecular flexibility index (Phi) is 4.80. The van der Waals surface area contributed by atoms with Gasteiger partial charge in [-0.3, -0.25) is 4.40 Å². The van der Waals surface area contributed by atoms with Gasteiger partial charge in [0.1, 0.15) is 0 Å². The number of amides is 2. The fraction of sp³-hybridized carbons (Fsp3) is 0.235. The van der Waals surface area contributed by atoms with E-state index in [0.29, 0.717) is 17.0 Å². The maximum absolute atomic E-state index is 12.2. The third kappa shape index (κ3) is 3.74. The number of carbonyl (C=O) groups excluding carboxylic acids is 1. The predicted molar refractivity (Wildman–Crippen MR) is 103 cm³/mol. The normalized spacial score (nSPS) is 14.7. The number of nitrogens with one attached hydrogen (secondary N) is 2. The molecule has 0 saturated carbocycles. The van der Waals surface area contributed by atoms with E-state index in [9.17, 15) is 4.79 Å². The van der Waals surface area contributed by atoms with E-state index in [1.807, 2.05) is 70.5 Å². The Morgan fingerprint density at radius 3 is 2.92 bits per heavy atom. The predicted octanol–water partition coefficient (Wildman–Crippen LogP) is 3.53. The zero-order valence-electron chi connectivity index (χ0n) is 13.4. The lowest BCUT2D eigenvalue weighted by Gasteiger charge is -2.11. The van der Waals surface area contributed by atoms with Crippen molar-refractivity contribution in [3.8, 4) is 0 Å². The largest absolute Gasteiger partial charge is 0.331 e. The lowest BCUT2D eigenvalue weighted by atomic mass is 10.2. The molecule has 0 aliphatic carbocycles. The molecule has 25 heavy (non-hydrogen) atoms. The Bertz CT molecular complexity index is 891. The van der Waals surface area contributed by atoms with Gasteiger partial charge >= 0.3 is 6.03 Å². The Balaban J connectivity index is 1.38. The van der Waals surface area contributed by atoms with E-state index in [-0.39, 0.29) is 6.03 Å². The van der Waals surface area contributed by atoms with Crippen LogP contribution in [0.15, 0.2) is 48.7 Å². The molecule has 2 amide bonds. The summed E-state index contributed by atoms with van der Waals surface area (Å²) >= 11 is 3.90. The van der Waals surface area contributed by atoms with Crippen molar-refractivity contribution in [3.05, 3.63) is 60.0 Å². The molecule has 2 N–H and O–H groups in total. The van der Waals surface area contributed by atoms with Gasteiger partial charge in [0.25, 0.3) is 0 Å². The monoisotopic (exact) mass is 371 g/mol. The first kappa shape index (κ1) is 16.3. The van der Waals surface area contributed by atoms with Crippen LogP contribution < -0.4 is 10.6 Å². The first-order valence-corrected chi connectivity index (χ1v) is 10.1. The number of thioether (sulfide) groups is 2. The SMILES string of the molecule is O=C(NCc1nnc2ccccn12)Nc1cccc(C2SCCS2)c1. The van der Waals surface area contributed by atoms with Gasteiger partial charge in [-0.15, -0.1) is 33.7 Å². The van der Waals surface area contributed by atoms with Crippen LogP contribution in [0.2, 0.25) is 0 Å². The molecule has 6 nitrogen and oxygen atoms in total. The van der Waals surface area contributed by atoms with Gasteiger partial charge in [-0.05, 0) is 29.8 Å². The average Bonchev–Trinajstić information content (AvgIpc) is 3.30. The highest BCUT2D eigenvalue weighted by Crippen LogP contribution is 2.45. The minimum Gasteiger partial charge on any atom is -0.331 e. The number of hydrogen-bond acceptors (Lipinski definition) is 5. The van der Waals surface area contributed by atoms with E-state index in [0.717, 1.165) is 11.3 Å². The number of nitrogens with zero attached hydrogens (tertiary/aromatic N) is 3. The van der Waals surface area contributed by atoms with Crippen LogP contribution in [0.4, 0.5) is 10.5 Å². The number of rotatable bonds is 4. The molecule has 4 rings (SSSR count). The second-order valence-corrected chi connectivity index (χ2v) is 8.28. The maximum atomic E-state index is 12.2. The Labute approximate surface area is 153 Å². The molecular weight excluding hydrogens is 354 g/mol. The Morgan fingerprint density at radius 1 is 1.16 bits per heavy atom. The van der Waals surface area contributed by atoms with Gasteiger partial charge in [0.05, 0.1) is 11.1 Å². The number of hydrogen-bond donors (Lipinski definition) is 2. The third-order valence-electron chi connectivity index (χ3n) is 3.83. The van der Waals surface area contributed by atoms with E-state index in [1.165, 1.54) is 17.1 Å². The van der Waals surface area contributed by atoms with E-state index in [2.05, 4.69) is 26.9 Å². The van der Waals surface area contributed by atoms with Crippen molar-refractivity contribution in [3.63, 3.8) is 0 Å². The maximum Gasteiger partial charge on any atom is 0.319 e. The van der Waals surface area contributed by atoms with E-state index >= 15 is 0 Å². The molecule has 0 radical (unpaired) electrons. The molecule has 0 unspecified atom stereocenters. The lowest BCUT2D eigenvalue weighted by molar-refractivity contribution is 0.251. The van der Waals surface area contributed by atoms with Crippen LogP contribution in [-0.4, -0.2) is 32.1 Å². The molecule has 0 bridgehead atoms. The number of carbonyl (C=O) groups is 1. The van der Waals surface area contributed by atoms with Crippen LogP contribution in [0, 0.1) is 0 Å². The molecule has 8 heteroatoms. The van der Waals surface area contributed by atoms with Gasteiger partial charge < -0.3 is 10.6 Å². The standard InChI is InChI=1S/C17H17N5OS2/c23-17(18-11-15-21-20-14-6-1-2-7-22(14)15)19-13-5-3-4-12(10-13)16-24-8-9-25-16/h1-7,10,16H,8-9,11H2,(H2,18,19,23). The summed E-state index contributed by atoms with van der Waals surface area (Å²) in [5.74, 6) is 3.05. The molecule has 128 valence electrons. The molecule has 0 atom stereocenters. The fourth-order valence-corrected chi connectivity index (χ4v) is 5.50. The molecule has 1 aromatic carbocycles. The zero-order chi connectivity index (χ0) is 17.1. The molecule has 3 aromatic rings. The van der Waals surface area contributed by atoms with Crippen LogP contribution >= 0.6 is 23.5 Å². The lowest BCUT2D eigenvalue weighted by Crippen LogP contribution is -2.29. The van der Waals surface area contributed by atoms with Crippen molar-refractivity contribution in [2.45, 2.75) is 11.1 Å². The first-order chi connectivity index (χ1) is 12.3. The van der Waals surface area contributed by atoms with Gasteiger partial charge in [0.15, 0.2) is 11.5 Å². The summed E-state index contributed by atoms with van der Waals surface area (Å²) in [5.41, 5.74) is 2.81. The van der Waals surface area contributed by atoms with Gasteiger partial charge in [-0.25, -0.2) is 4.79 Å². The molecule has 1 saturated heterocycles. The summed E-state index contributed by atoms with van der Waals surface area (Å²) in [6.45, 7) is 0.311. The van der Waals surface area contributed by atoms with Crippen LogP contribution in [-0.2, 0) is 6.54 Å².